The topological polar surface area (TPSA) is 62.7 Å². The number of anilines is 1. The lowest BCUT2D eigenvalue weighted by Crippen LogP contribution is -2.29. The molecule has 0 radical (unpaired) electrons. The molecular formula is C13H18N2O3. The van der Waals surface area contributed by atoms with Gasteiger partial charge in [0.2, 0.25) is 0 Å². The Balaban J connectivity index is 2.07. The van der Waals surface area contributed by atoms with Crippen molar-refractivity contribution in [2.45, 2.75) is 25.8 Å². The zero-order chi connectivity index (χ0) is 13.0. The number of rotatable bonds is 6. The van der Waals surface area contributed by atoms with Crippen LogP contribution in [0.5, 0.6) is 0 Å². The summed E-state index contributed by atoms with van der Waals surface area (Å²) in [5.41, 5.74) is 0.459. The molecule has 0 aromatic carbocycles. The highest BCUT2D eigenvalue weighted by Gasteiger charge is 2.29. The average molecular weight is 250 g/mol. The Bertz CT molecular complexity index is 401. The summed E-state index contributed by atoms with van der Waals surface area (Å²) in [7, 11) is 0. The number of hydrogen-bond donors (Lipinski definition) is 1. The van der Waals surface area contributed by atoms with E-state index >= 15 is 0 Å². The number of aromatic nitrogens is 1. The number of aliphatic hydroxyl groups is 1. The summed E-state index contributed by atoms with van der Waals surface area (Å²) in [6.07, 6.45) is 3.81. The first-order valence-electron chi connectivity index (χ1n) is 6.27. The van der Waals surface area contributed by atoms with Crippen LogP contribution in [0.25, 0.3) is 0 Å². The molecule has 1 saturated carbocycles. The van der Waals surface area contributed by atoms with Crippen molar-refractivity contribution >= 4 is 11.8 Å². The Morgan fingerprint density at radius 3 is 2.83 bits per heavy atom. The zero-order valence-electron chi connectivity index (χ0n) is 10.5. The SMILES string of the molecule is CCOC(=O)c1ccc(N(CCO)C2CC2)nc1. The number of esters is 1. The van der Waals surface area contributed by atoms with Crippen LogP contribution < -0.4 is 4.90 Å². The highest BCUT2D eigenvalue weighted by atomic mass is 16.5. The van der Waals surface area contributed by atoms with Gasteiger partial charge in [0.15, 0.2) is 0 Å². The van der Waals surface area contributed by atoms with Gasteiger partial charge in [-0.25, -0.2) is 9.78 Å². The van der Waals surface area contributed by atoms with Crippen molar-refractivity contribution in [3.05, 3.63) is 23.9 Å². The maximum Gasteiger partial charge on any atom is 0.339 e. The minimum Gasteiger partial charge on any atom is -0.462 e. The second-order valence-electron chi connectivity index (χ2n) is 4.27. The van der Waals surface area contributed by atoms with E-state index in [9.17, 15) is 4.79 Å². The fourth-order valence-corrected chi connectivity index (χ4v) is 1.87. The van der Waals surface area contributed by atoms with Crippen LogP contribution in [0.4, 0.5) is 5.82 Å². The molecular weight excluding hydrogens is 232 g/mol. The summed E-state index contributed by atoms with van der Waals surface area (Å²) < 4.78 is 4.90. The molecule has 5 nitrogen and oxygen atoms in total. The van der Waals surface area contributed by atoms with Gasteiger partial charge in [0.05, 0.1) is 18.8 Å². The van der Waals surface area contributed by atoms with E-state index in [0.717, 1.165) is 18.7 Å². The number of ether oxygens (including phenoxy) is 1. The number of hydrogen-bond acceptors (Lipinski definition) is 5. The molecule has 0 amide bonds. The van der Waals surface area contributed by atoms with E-state index in [1.54, 1.807) is 19.1 Å². The third-order valence-electron chi connectivity index (χ3n) is 2.88. The molecule has 1 aromatic rings. The second-order valence-corrected chi connectivity index (χ2v) is 4.27. The summed E-state index contributed by atoms with van der Waals surface area (Å²) in [4.78, 5) is 17.8. The van der Waals surface area contributed by atoms with Gasteiger partial charge in [0, 0.05) is 18.8 Å². The number of carbonyl (C=O) groups is 1. The van der Waals surface area contributed by atoms with Crippen LogP contribution in [0.1, 0.15) is 30.1 Å². The molecule has 1 aliphatic carbocycles. The van der Waals surface area contributed by atoms with Crippen molar-refractivity contribution in [3.63, 3.8) is 0 Å². The van der Waals surface area contributed by atoms with Gasteiger partial charge in [0.25, 0.3) is 0 Å². The van der Waals surface area contributed by atoms with Gasteiger partial charge in [-0.15, -0.1) is 0 Å². The standard InChI is InChI=1S/C13H18N2O3/c1-2-18-13(17)10-3-6-12(14-9-10)15(7-8-16)11-4-5-11/h3,6,9,11,16H,2,4-5,7-8H2,1H3. The lowest BCUT2D eigenvalue weighted by Gasteiger charge is -2.22. The predicted octanol–water partition coefficient (Wildman–Crippen LogP) is 1.22. The van der Waals surface area contributed by atoms with Gasteiger partial charge in [0.1, 0.15) is 5.82 Å². The molecule has 0 spiro atoms. The van der Waals surface area contributed by atoms with E-state index in [4.69, 9.17) is 9.84 Å². The Morgan fingerprint density at radius 2 is 2.33 bits per heavy atom. The van der Waals surface area contributed by atoms with Crippen molar-refractivity contribution in [1.29, 1.82) is 0 Å². The van der Waals surface area contributed by atoms with Crippen molar-refractivity contribution < 1.29 is 14.6 Å². The molecule has 0 atom stereocenters. The van der Waals surface area contributed by atoms with Crippen molar-refractivity contribution in [2.24, 2.45) is 0 Å². The van der Waals surface area contributed by atoms with Crippen LogP contribution in [-0.2, 0) is 4.74 Å². The minimum atomic E-state index is -0.350. The van der Waals surface area contributed by atoms with Crippen LogP contribution in [0.15, 0.2) is 18.3 Å². The molecule has 0 bridgehead atoms. The molecule has 0 saturated heterocycles. The maximum absolute atomic E-state index is 11.5. The monoisotopic (exact) mass is 250 g/mol. The molecule has 0 unspecified atom stereocenters. The van der Waals surface area contributed by atoms with Crippen molar-refractivity contribution in [2.75, 3.05) is 24.7 Å². The van der Waals surface area contributed by atoms with Crippen LogP contribution in [0.2, 0.25) is 0 Å². The first-order valence-corrected chi connectivity index (χ1v) is 6.27. The third-order valence-corrected chi connectivity index (χ3v) is 2.88. The van der Waals surface area contributed by atoms with E-state index in [0.29, 0.717) is 24.8 Å². The Morgan fingerprint density at radius 1 is 1.56 bits per heavy atom. The number of pyridine rings is 1. The van der Waals surface area contributed by atoms with Gasteiger partial charge in [-0.05, 0) is 31.9 Å². The highest BCUT2D eigenvalue weighted by Crippen LogP contribution is 2.30. The Hall–Kier alpha value is -1.62. The Kier molecular flexibility index (Phi) is 4.15. The quantitative estimate of drug-likeness (QED) is 0.769. The van der Waals surface area contributed by atoms with Gasteiger partial charge >= 0.3 is 5.97 Å². The summed E-state index contributed by atoms with van der Waals surface area (Å²) in [6, 6.07) is 4.01. The Labute approximate surface area is 106 Å². The van der Waals surface area contributed by atoms with Gasteiger partial charge in [-0.3, -0.25) is 0 Å². The van der Waals surface area contributed by atoms with Gasteiger partial charge in [-0.2, -0.15) is 0 Å². The second kappa shape index (κ2) is 5.82. The normalized spacial score (nSPS) is 14.3. The largest absolute Gasteiger partial charge is 0.462 e. The van der Waals surface area contributed by atoms with Crippen LogP contribution in [0, 0.1) is 0 Å². The molecule has 0 aliphatic heterocycles. The third kappa shape index (κ3) is 2.98. The highest BCUT2D eigenvalue weighted by molar-refractivity contribution is 5.89. The van der Waals surface area contributed by atoms with Crippen molar-refractivity contribution in [1.82, 2.24) is 4.98 Å². The predicted molar refractivity (Wildman–Crippen MR) is 67.6 cm³/mol. The molecule has 18 heavy (non-hydrogen) atoms. The number of aliphatic hydroxyl groups excluding tert-OH is 1. The van der Waals surface area contributed by atoms with E-state index in [1.165, 1.54) is 6.20 Å². The first-order chi connectivity index (χ1) is 8.76. The van der Waals surface area contributed by atoms with Gasteiger partial charge in [-0.1, -0.05) is 0 Å². The van der Waals surface area contributed by atoms with Crippen LogP contribution >= 0.6 is 0 Å². The molecule has 1 aromatic heterocycles. The summed E-state index contributed by atoms with van der Waals surface area (Å²) in [5, 5.41) is 9.04. The molecule has 98 valence electrons. The zero-order valence-corrected chi connectivity index (χ0v) is 10.5. The van der Waals surface area contributed by atoms with E-state index in [1.807, 2.05) is 0 Å². The maximum atomic E-state index is 11.5. The fraction of sp³-hybridized carbons (Fsp3) is 0.538. The molecule has 1 fully saturated rings. The van der Waals surface area contributed by atoms with E-state index < -0.39 is 0 Å². The average Bonchev–Trinajstić information content (AvgIpc) is 3.21. The molecule has 1 aliphatic rings. The molecule has 1 heterocycles. The lowest BCUT2D eigenvalue weighted by molar-refractivity contribution is 0.0526. The van der Waals surface area contributed by atoms with Crippen molar-refractivity contribution in [3.8, 4) is 0 Å². The smallest absolute Gasteiger partial charge is 0.339 e. The van der Waals surface area contributed by atoms with Crippen LogP contribution in [-0.4, -0.2) is 41.9 Å². The fourth-order valence-electron chi connectivity index (χ4n) is 1.87. The summed E-state index contributed by atoms with van der Waals surface area (Å²) in [5.74, 6) is 0.455. The number of carbonyl (C=O) groups excluding carboxylic acids is 1. The first kappa shape index (κ1) is 12.8. The van der Waals surface area contributed by atoms with E-state index in [2.05, 4.69) is 9.88 Å². The lowest BCUT2D eigenvalue weighted by atomic mass is 10.3. The number of nitrogens with zero attached hydrogens (tertiary/aromatic N) is 2. The molecule has 2 rings (SSSR count). The molecule has 1 N–H and O–H groups in total. The summed E-state index contributed by atoms with van der Waals surface area (Å²) in [6.45, 7) is 2.82. The molecule has 5 heteroatoms. The van der Waals surface area contributed by atoms with Gasteiger partial charge < -0.3 is 14.7 Å². The van der Waals surface area contributed by atoms with E-state index in [-0.39, 0.29) is 12.6 Å². The summed E-state index contributed by atoms with van der Waals surface area (Å²) >= 11 is 0. The minimum absolute atomic E-state index is 0.109. The van der Waals surface area contributed by atoms with Crippen LogP contribution in [0.3, 0.4) is 0 Å².